The Morgan fingerprint density at radius 3 is 2.21 bits per heavy atom. The predicted octanol–water partition coefficient (Wildman–Crippen LogP) is 3.26. The molecule has 1 spiro atoms. The fourth-order valence-electron chi connectivity index (χ4n) is 4.01. The maximum Gasteiger partial charge on any atom is 0.254 e. The molecule has 0 aromatic heterocycles. The van der Waals surface area contributed by atoms with E-state index in [2.05, 4.69) is 18.7 Å². The van der Waals surface area contributed by atoms with Crippen molar-refractivity contribution in [1.29, 1.82) is 0 Å². The van der Waals surface area contributed by atoms with Crippen LogP contribution in [0.2, 0.25) is 0 Å². The van der Waals surface area contributed by atoms with Crippen molar-refractivity contribution in [1.82, 2.24) is 9.80 Å². The second kappa shape index (κ2) is 8.64. The Balaban J connectivity index is 1.69. The van der Waals surface area contributed by atoms with E-state index >= 15 is 0 Å². The average molecular weight is 407 g/mol. The molecule has 154 valence electrons. The van der Waals surface area contributed by atoms with Gasteiger partial charge in [-0.3, -0.25) is 9.59 Å². The number of hydrogen-bond acceptors (Lipinski definition) is 5. The van der Waals surface area contributed by atoms with Crippen LogP contribution in [0.4, 0.5) is 0 Å². The molecule has 2 amide bonds. The van der Waals surface area contributed by atoms with Crippen LogP contribution in [-0.2, 0) is 4.79 Å². The van der Waals surface area contributed by atoms with Gasteiger partial charge in [-0.2, -0.15) is 0 Å². The first-order valence-electron chi connectivity index (χ1n) is 9.85. The second-order valence-electron chi connectivity index (χ2n) is 7.83. The first kappa shape index (κ1) is 20.8. The van der Waals surface area contributed by atoms with Gasteiger partial charge in [-0.15, -0.1) is 11.8 Å². The Morgan fingerprint density at radius 2 is 1.68 bits per heavy atom. The Kier molecular flexibility index (Phi) is 6.43. The lowest BCUT2D eigenvalue weighted by Crippen LogP contribution is -2.53. The van der Waals surface area contributed by atoms with Gasteiger partial charge in [0.25, 0.3) is 5.91 Å². The van der Waals surface area contributed by atoms with Crippen molar-refractivity contribution >= 4 is 23.6 Å². The summed E-state index contributed by atoms with van der Waals surface area (Å²) in [6.07, 6.45) is 2.22. The van der Waals surface area contributed by atoms with Crippen LogP contribution in [0.5, 0.6) is 11.5 Å². The highest BCUT2D eigenvalue weighted by atomic mass is 32.2. The summed E-state index contributed by atoms with van der Waals surface area (Å²) >= 11 is 1.88. The fourth-order valence-corrected chi connectivity index (χ4v) is 5.48. The molecule has 2 aliphatic heterocycles. The molecule has 7 heteroatoms. The molecule has 6 nitrogen and oxygen atoms in total. The molecule has 2 aliphatic rings. The number of carbonyl (C=O) groups excluding carboxylic acids is 2. The number of benzene rings is 1. The van der Waals surface area contributed by atoms with Gasteiger partial charge in [-0.25, -0.2) is 0 Å². The van der Waals surface area contributed by atoms with Crippen LogP contribution in [-0.4, -0.2) is 66.1 Å². The van der Waals surface area contributed by atoms with E-state index in [9.17, 15) is 9.59 Å². The van der Waals surface area contributed by atoms with E-state index in [0.29, 0.717) is 42.5 Å². The molecule has 0 saturated carbocycles. The lowest BCUT2D eigenvalue weighted by atomic mass is 9.99. The Hall–Kier alpha value is -1.89. The lowest BCUT2D eigenvalue weighted by molar-refractivity contribution is -0.135. The third-order valence-electron chi connectivity index (χ3n) is 5.49. The summed E-state index contributed by atoms with van der Waals surface area (Å²) in [4.78, 5) is 29.6. The molecule has 0 unspecified atom stereocenters. The Bertz CT molecular complexity index is 707. The van der Waals surface area contributed by atoms with E-state index in [1.54, 1.807) is 32.4 Å². The van der Waals surface area contributed by atoms with E-state index < -0.39 is 0 Å². The molecule has 3 rings (SSSR count). The van der Waals surface area contributed by atoms with Crippen molar-refractivity contribution in [2.75, 3.05) is 39.6 Å². The predicted molar refractivity (Wildman–Crippen MR) is 111 cm³/mol. The largest absolute Gasteiger partial charge is 0.497 e. The van der Waals surface area contributed by atoms with Gasteiger partial charge in [0.05, 0.1) is 19.1 Å². The van der Waals surface area contributed by atoms with Crippen LogP contribution in [0.25, 0.3) is 0 Å². The van der Waals surface area contributed by atoms with Gasteiger partial charge in [0, 0.05) is 43.4 Å². The molecule has 1 aromatic rings. The molecule has 0 N–H and O–H groups in total. The van der Waals surface area contributed by atoms with Gasteiger partial charge in [0.2, 0.25) is 5.91 Å². The van der Waals surface area contributed by atoms with E-state index in [1.807, 2.05) is 16.7 Å². The zero-order valence-electron chi connectivity index (χ0n) is 17.2. The van der Waals surface area contributed by atoms with Gasteiger partial charge in [0.1, 0.15) is 11.5 Å². The molecule has 1 aromatic carbocycles. The van der Waals surface area contributed by atoms with Crippen LogP contribution >= 0.6 is 11.8 Å². The minimum absolute atomic E-state index is 0.0184. The number of piperidine rings is 1. The molecule has 28 heavy (non-hydrogen) atoms. The van der Waals surface area contributed by atoms with Crippen LogP contribution in [0.15, 0.2) is 18.2 Å². The van der Waals surface area contributed by atoms with Gasteiger partial charge < -0.3 is 19.3 Å². The van der Waals surface area contributed by atoms with Crippen molar-refractivity contribution < 1.29 is 19.1 Å². The van der Waals surface area contributed by atoms with E-state index in [0.717, 1.165) is 25.1 Å². The summed E-state index contributed by atoms with van der Waals surface area (Å²) in [5.74, 6) is 2.78. The number of likely N-dealkylation sites (tertiary alicyclic amines) is 1. The molecular weight excluding hydrogens is 376 g/mol. The first-order chi connectivity index (χ1) is 13.4. The summed E-state index contributed by atoms with van der Waals surface area (Å²) in [6.45, 7) is 6.28. The molecule has 0 bridgehead atoms. The molecule has 0 atom stereocenters. The summed E-state index contributed by atoms with van der Waals surface area (Å²) in [7, 11) is 3.15. The van der Waals surface area contributed by atoms with Crippen molar-refractivity contribution in [3.63, 3.8) is 0 Å². The second-order valence-corrected chi connectivity index (χ2v) is 9.29. The highest BCUT2D eigenvalue weighted by molar-refractivity contribution is 8.00. The van der Waals surface area contributed by atoms with Crippen molar-refractivity contribution in [2.45, 2.75) is 38.0 Å². The van der Waals surface area contributed by atoms with Gasteiger partial charge in [-0.05, 0) is 30.9 Å². The normalized spacial score (nSPS) is 18.6. The topological polar surface area (TPSA) is 59.1 Å². The summed E-state index contributed by atoms with van der Waals surface area (Å²) < 4.78 is 10.6. The number of ether oxygens (including phenoxy) is 2. The van der Waals surface area contributed by atoms with Gasteiger partial charge in [0.15, 0.2) is 0 Å². The van der Waals surface area contributed by atoms with Crippen LogP contribution in [0.3, 0.4) is 0 Å². The number of carbonyl (C=O) groups is 2. The van der Waals surface area contributed by atoms with Gasteiger partial charge in [-0.1, -0.05) is 13.8 Å². The number of nitrogens with zero attached hydrogens (tertiary/aromatic N) is 2. The molecule has 2 saturated heterocycles. The van der Waals surface area contributed by atoms with Crippen molar-refractivity contribution in [3.8, 4) is 11.5 Å². The Labute approximate surface area is 171 Å². The summed E-state index contributed by atoms with van der Waals surface area (Å²) in [6, 6.07) is 5.26. The zero-order valence-corrected chi connectivity index (χ0v) is 18.0. The Morgan fingerprint density at radius 1 is 1.07 bits per heavy atom. The minimum atomic E-state index is -0.144. The van der Waals surface area contributed by atoms with E-state index in [4.69, 9.17) is 9.47 Å². The standard InChI is InChI=1S/C21H30N2O4S/c1-15(2)11-19(24)23-9-10-28-21(23)5-7-22(8-6-21)20(25)16-12-17(26-3)14-18(13-16)27-4/h12-15H,5-11H2,1-4H3. The average Bonchev–Trinajstić information content (AvgIpc) is 3.10. The van der Waals surface area contributed by atoms with E-state index in [1.165, 1.54) is 0 Å². The molecular formula is C21H30N2O4S. The molecule has 0 aliphatic carbocycles. The number of hydrogen-bond donors (Lipinski definition) is 0. The molecule has 2 fully saturated rings. The summed E-state index contributed by atoms with van der Waals surface area (Å²) in [5.41, 5.74) is 0.568. The van der Waals surface area contributed by atoms with Gasteiger partial charge >= 0.3 is 0 Å². The number of methoxy groups -OCH3 is 2. The van der Waals surface area contributed by atoms with Crippen molar-refractivity contribution in [3.05, 3.63) is 23.8 Å². The summed E-state index contributed by atoms with van der Waals surface area (Å²) in [5, 5.41) is 0. The third kappa shape index (κ3) is 4.24. The monoisotopic (exact) mass is 406 g/mol. The zero-order chi connectivity index (χ0) is 20.3. The molecule has 2 heterocycles. The minimum Gasteiger partial charge on any atom is -0.497 e. The molecule has 0 radical (unpaired) electrons. The smallest absolute Gasteiger partial charge is 0.254 e. The number of rotatable bonds is 5. The number of amides is 2. The SMILES string of the molecule is COc1cc(OC)cc(C(=O)N2CCC3(CC2)SCCN3C(=O)CC(C)C)c1. The quantitative estimate of drug-likeness (QED) is 0.751. The first-order valence-corrected chi connectivity index (χ1v) is 10.8. The fraction of sp³-hybridized carbons (Fsp3) is 0.619. The highest BCUT2D eigenvalue weighted by Gasteiger charge is 2.46. The third-order valence-corrected chi connectivity index (χ3v) is 7.04. The van der Waals surface area contributed by atoms with Crippen LogP contribution in [0, 0.1) is 5.92 Å². The highest BCUT2D eigenvalue weighted by Crippen LogP contribution is 2.44. The maximum atomic E-state index is 13.0. The van der Waals surface area contributed by atoms with E-state index in [-0.39, 0.29) is 16.7 Å². The number of thioether (sulfide) groups is 1. The van der Waals surface area contributed by atoms with Crippen LogP contribution < -0.4 is 9.47 Å². The lowest BCUT2D eigenvalue weighted by Gasteiger charge is -2.44. The van der Waals surface area contributed by atoms with Crippen molar-refractivity contribution in [2.24, 2.45) is 5.92 Å². The maximum absolute atomic E-state index is 13.0. The van der Waals surface area contributed by atoms with Crippen LogP contribution in [0.1, 0.15) is 43.5 Å².